The van der Waals surface area contributed by atoms with Crippen molar-refractivity contribution in [2.75, 3.05) is 44.2 Å². The maximum absolute atomic E-state index is 13.3. The van der Waals surface area contributed by atoms with Gasteiger partial charge in [-0.05, 0) is 31.0 Å². The summed E-state index contributed by atoms with van der Waals surface area (Å²) in [5.41, 5.74) is -1.04. The molecule has 1 fully saturated rings. The van der Waals surface area contributed by atoms with Gasteiger partial charge in [0.25, 0.3) is 0 Å². The minimum absolute atomic E-state index is 0.255. The predicted molar refractivity (Wildman–Crippen MR) is 117 cm³/mol. The Morgan fingerprint density at radius 1 is 1.21 bits per heavy atom. The van der Waals surface area contributed by atoms with Crippen molar-refractivity contribution in [1.29, 1.82) is 0 Å². The molecular weight excluding hydrogens is 465 g/mol. The average molecular weight is 493 g/mol. The van der Waals surface area contributed by atoms with E-state index < -0.39 is 27.9 Å². The van der Waals surface area contributed by atoms with Gasteiger partial charge in [-0.2, -0.15) is 21.6 Å². The summed E-state index contributed by atoms with van der Waals surface area (Å²) in [6, 6.07) is 2.65. The van der Waals surface area contributed by atoms with Gasteiger partial charge in [-0.1, -0.05) is 12.2 Å². The van der Waals surface area contributed by atoms with E-state index in [0.717, 1.165) is 25.0 Å². The first kappa shape index (κ1) is 26.5. The third-order valence-electron chi connectivity index (χ3n) is 4.78. The van der Waals surface area contributed by atoms with Crippen molar-refractivity contribution < 1.29 is 35.1 Å². The van der Waals surface area contributed by atoms with Gasteiger partial charge in [-0.15, -0.1) is 6.58 Å². The highest BCUT2D eigenvalue weighted by atomic mass is 32.3. The number of piperazine rings is 1. The largest absolute Gasteiger partial charge is 0.446 e. The molecule has 13 heteroatoms. The number of anilines is 1. The number of hydrogen-bond acceptors (Lipinski definition) is 6. The summed E-state index contributed by atoms with van der Waals surface area (Å²) >= 11 is 0. The van der Waals surface area contributed by atoms with Crippen LogP contribution >= 0.6 is 0 Å². The molecule has 33 heavy (non-hydrogen) atoms. The average Bonchev–Trinajstić information content (AvgIpc) is 2.72. The van der Waals surface area contributed by atoms with Crippen LogP contribution < -0.4 is 19.7 Å². The maximum Gasteiger partial charge on any atom is 0.446 e. The second-order valence-electron chi connectivity index (χ2n) is 7.19. The summed E-state index contributed by atoms with van der Waals surface area (Å²) in [6.45, 7) is 6.60. The SMILES string of the molecule is C=CCC/C=C/NC(=O)NCCN1CCN(c2ccc(OS(=O)(=O)O)c(C(F)(F)F)c2)CC1. The van der Waals surface area contributed by atoms with Crippen molar-refractivity contribution in [2.45, 2.75) is 19.0 Å². The zero-order valence-corrected chi connectivity index (χ0v) is 18.7. The predicted octanol–water partition coefficient (Wildman–Crippen LogP) is 2.79. The number of urea groups is 1. The Bertz CT molecular complexity index is 946. The number of rotatable bonds is 10. The summed E-state index contributed by atoms with van der Waals surface area (Å²) in [5, 5.41) is 5.32. The molecular formula is C20H27F3N4O5S. The minimum atomic E-state index is -5.09. The quantitative estimate of drug-likeness (QED) is 0.262. The van der Waals surface area contributed by atoms with E-state index in [9.17, 15) is 26.4 Å². The number of allylic oxidation sites excluding steroid dienone is 2. The van der Waals surface area contributed by atoms with E-state index in [4.69, 9.17) is 4.55 Å². The molecule has 0 spiro atoms. The lowest BCUT2D eigenvalue weighted by molar-refractivity contribution is -0.138. The van der Waals surface area contributed by atoms with Gasteiger partial charge >= 0.3 is 22.6 Å². The number of unbranched alkanes of at least 4 members (excludes halogenated alkanes) is 1. The first-order chi connectivity index (χ1) is 15.5. The number of hydrogen-bond donors (Lipinski definition) is 3. The Labute approximate surface area is 190 Å². The molecule has 0 saturated carbocycles. The lowest BCUT2D eigenvalue weighted by Gasteiger charge is -2.36. The first-order valence-electron chi connectivity index (χ1n) is 10.2. The van der Waals surface area contributed by atoms with E-state index in [2.05, 4.69) is 26.3 Å². The van der Waals surface area contributed by atoms with Gasteiger partial charge in [0.15, 0.2) is 5.75 Å². The van der Waals surface area contributed by atoms with E-state index in [1.54, 1.807) is 17.2 Å². The van der Waals surface area contributed by atoms with Gasteiger partial charge in [0.2, 0.25) is 0 Å². The van der Waals surface area contributed by atoms with Crippen LogP contribution in [-0.2, 0) is 16.6 Å². The van der Waals surface area contributed by atoms with Gasteiger partial charge in [0, 0.05) is 51.2 Å². The van der Waals surface area contributed by atoms with E-state index in [1.807, 2.05) is 6.08 Å². The Hall–Kier alpha value is -2.77. The van der Waals surface area contributed by atoms with Crippen LogP contribution in [0.5, 0.6) is 5.75 Å². The zero-order valence-electron chi connectivity index (χ0n) is 17.8. The Morgan fingerprint density at radius 2 is 1.91 bits per heavy atom. The van der Waals surface area contributed by atoms with Crippen LogP contribution in [0.25, 0.3) is 0 Å². The topological polar surface area (TPSA) is 111 Å². The molecule has 1 aliphatic rings. The molecule has 9 nitrogen and oxygen atoms in total. The normalized spacial score (nSPS) is 15.5. The standard InChI is InChI=1S/C20H27F3N4O5S/c1-2-3-4-5-8-24-19(28)25-9-10-26-11-13-27(14-12-26)16-6-7-18(32-33(29,30)31)17(15-16)20(21,22)23/h2,5-8,15H,1,3-4,9-14H2,(H2,24,25,28)(H,29,30,31)/b8-5+. The molecule has 1 saturated heterocycles. The van der Waals surface area contributed by atoms with Crippen LogP contribution in [0.1, 0.15) is 18.4 Å². The summed E-state index contributed by atoms with van der Waals surface area (Å²) in [5.74, 6) is -0.993. The number of nitrogens with one attached hydrogen (secondary N) is 2. The number of carbonyl (C=O) groups is 1. The molecule has 3 N–H and O–H groups in total. The Morgan fingerprint density at radius 3 is 2.52 bits per heavy atom. The number of carbonyl (C=O) groups excluding carboxylic acids is 1. The molecule has 0 unspecified atom stereocenters. The van der Waals surface area contributed by atoms with Crippen LogP contribution in [0.4, 0.5) is 23.7 Å². The van der Waals surface area contributed by atoms with Crippen LogP contribution in [-0.4, -0.2) is 63.2 Å². The van der Waals surface area contributed by atoms with E-state index >= 15 is 0 Å². The van der Waals surface area contributed by atoms with Crippen molar-refractivity contribution in [3.05, 3.63) is 48.7 Å². The molecule has 0 bridgehead atoms. The summed E-state index contributed by atoms with van der Waals surface area (Å²) in [6.07, 6.45) is 1.92. The van der Waals surface area contributed by atoms with Gasteiger partial charge in [-0.3, -0.25) is 9.45 Å². The van der Waals surface area contributed by atoms with Crippen molar-refractivity contribution in [1.82, 2.24) is 15.5 Å². The van der Waals surface area contributed by atoms with Gasteiger partial charge in [0.05, 0.1) is 0 Å². The minimum Gasteiger partial charge on any atom is -0.369 e. The Kier molecular flexibility index (Phi) is 9.56. The number of nitrogens with zero attached hydrogens (tertiary/aromatic N) is 2. The van der Waals surface area contributed by atoms with Crippen molar-refractivity contribution in [3.8, 4) is 5.75 Å². The van der Waals surface area contributed by atoms with Crippen LogP contribution in [0, 0.1) is 0 Å². The molecule has 2 rings (SSSR count). The first-order valence-corrected chi connectivity index (χ1v) is 11.5. The van der Waals surface area contributed by atoms with E-state index in [-0.39, 0.29) is 11.7 Å². The molecule has 1 aromatic rings. The highest BCUT2D eigenvalue weighted by Gasteiger charge is 2.36. The molecule has 0 radical (unpaired) electrons. The van der Waals surface area contributed by atoms with E-state index in [0.29, 0.717) is 39.3 Å². The van der Waals surface area contributed by atoms with Gasteiger partial charge in [-0.25, -0.2) is 4.79 Å². The zero-order chi connectivity index (χ0) is 24.5. The van der Waals surface area contributed by atoms with Gasteiger partial charge < -0.3 is 19.7 Å². The number of alkyl halides is 3. The fraction of sp³-hybridized carbons (Fsp3) is 0.450. The van der Waals surface area contributed by atoms with Crippen LogP contribution in [0.2, 0.25) is 0 Å². The molecule has 0 atom stereocenters. The highest BCUT2D eigenvalue weighted by Crippen LogP contribution is 2.39. The fourth-order valence-corrected chi connectivity index (χ4v) is 3.53. The maximum atomic E-state index is 13.3. The monoisotopic (exact) mass is 492 g/mol. The molecule has 1 heterocycles. The summed E-state index contributed by atoms with van der Waals surface area (Å²) in [4.78, 5) is 15.5. The smallest absolute Gasteiger partial charge is 0.369 e. The third-order valence-corrected chi connectivity index (χ3v) is 5.17. The number of halogens is 3. The third kappa shape index (κ3) is 9.32. The highest BCUT2D eigenvalue weighted by molar-refractivity contribution is 7.81. The van der Waals surface area contributed by atoms with Crippen molar-refractivity contribution in [2.24, 2.45) is 0 Å². The van der Waals surface area contributed by atoms with E-state index in [1.165, 1.54) is 6.07 Å². The van der Waals surface area contributed by atoms with Crippen molar-refractivity contribution >= 4 is 22.1 Å². The summed E-state index contributed by atoms with van der Waals surface area (Å²) in [7, 11) is -5.09. The van der Waals surface area contributed by atoms with Gasteiger partial charge in [0.1, 0.15) is 5.56 Å². The molecule has 1 aliphatic heterocycles. The second-order valence-corrected chi connectivity index (χ2v) is 8.21. The Balaban J connectivity index is 1.85. The lowest BCUT2D eigenvalue weighted by Crippen LogP contribution is -2.49. The van der Waals surface area contributed by atoms with Crippen LogP contribution in [0.3, 0.4) is 0 Å². The number of amides is 2. The van der Waals surface area contributed by atoms with Crippen molar-refractivity contribution in [3.63, 3.8) is 0 Å². The molecule has 184 valence electrons. The molecule has 0 aromatic heterocycles. The molecule has 2 amide bonds. The molecule has 1 aromatic carbocycles. The lowest BCUT2D eigenvalue weighted by atomic mass is 10.1. The molecule has 0 aliphatic carbocycles. The number of benzene rings is 1. The summed E-state index contributed by atoms with van der Waals surface area (Å²) < 4.78 is 74.5. The fourth-order valence-electron chi connectivity index (χ4n) is 3.16. The van der Waals surface area contributed by atoms with Crippen LogP contribution in [0.15, 0.2) is 43.1 Å². The second kappa shape index (κ2) is 11.9.